The standard InChI is InChI=1S/C21H24N2O3S/c24-21(26-20-12-23-7-3-14(20)4-8-23)22-18-5-9-25-19-11-15(1-2-17(18)19)16-6-10-27-13-16/h1-2,6,10-11,13-14,18,20H,3-5,7-9,12H2,(H,22,24)/t18?,20-/m0/s1. The Morgan fingerprint density at radius 2 is 2.07 bits per heavy atom. The molecular formula is C21H24N2O3S. The highest BCUT2D eigenvalue weighted by atomic mass is 32.1. The van der Waals surface area contributed by atoms with Crippen molar-refractivity contribution in [3.05, 3.63) is 40.6 Å². The maximum absolute atomic E-state index is 12.5. The lowest BCUT2D eigenvalue weighted by Crippen LogP contribution is -2.52. The van der Waals surface area contributed by atoms with Gasteiger partial charge in [-0.3, -0.25) is 4.90 Å². The number of benzene rings is 1. The van der Waals surface area contributed by atoms with Crippen LogP contribution >= 0.6 is 11.3 Å². The molecule has 0 saturated carbocycles. The summed E-state index contributed by atoms with van der Waals surface area (Å²) in [6.07, 6.45) is 2.79. The third-order valence-corrected chi connectivity index (χ3v) is 6.74. The van der Waals surface area contributed by atoms with Crippen molar-refractivity contribution < 1.29 is 14.3 Å². The zero-order chi connectivity index (χ0) is 18.2. The number of ether oxygens (including phenoxy) is 2. The van der Waals surface area contributed by atoms with Crippen LogP contribution in [0.2, 0.25) is 0 Å². The van der Waals surface area contributed by atoms with Crippen LogP contribution in [0.15, 0.2) is 35.0 Å². The molecule has 2 aromatic rings. The Bertz CT molecular complexity index is 815. The molecule has 1 N–H and O–H groups in total. The number of nitrogens with one attached hydrogen (secondary N) is 1. The number of amides is 1. The predicted octanol–water partition coefficient (Wildman–Crippen LogP) is 4.06. The highest BCUT2D eigenvalue weighted by Gasteiger charge is 2.37. The van der Waals surface area contributed by atoms with Gasteiger partial charge in [0.1, 0.15) is 11.9 Å². The number of carbonyl (C=O) groups excluding carboxylic acids is 1. The minimum atomic E-state index is -0.298. The maximum atomic E-state index is 12.5. The molecule has 0 spiro atoms. The van der Waals surface area contributed by atoms with E-state index in [0.29, 0.717) is 12.5 Å². The zero-order valence-electron chi connectivity index (χ0n) is 15.2. The first kappa shape index (κ1) is 17.1. The SMILES string of the molecule is O=C(NC1CCOc2cc(-c3ccsc3)ccc21)O[C@H]1CN2CCC1CC2. The lowest BCUT2D eigenvalue weighted by atomic mass is 9.86. The Morgan fingerprint density at radius 3 is 2.81 bits per heavy atom. The Kier molecular flexibility index (Phi) is 4.53. The van der Waals surface area contributed by atoms with Gasteiger partial charge in [0, 0.05) is 18.5 Å². The van der Waals surface area contributed by atoms with Gasteiger partial charge in [-0.1, -0.05) is 12.1 Å². The van der Waals surface area contributed by atoms with E-state index in [9.17, 15) is 4.79 Å². The molecule has 4 aliphatic rings. The molecule has 142 valence electrons. The first-order valence-electron chi connectivity index (χ1n) is 9.75. The normalized spacial score (nSPS) is 28.9. The first-order chi connectivity index (χ1) is 13.3. The molecular weight excluding hydrogens is 360 g/mol. The van der Waals surface area contributed by atoms with Gasteiger partial charge in [-0.05, 0) is 65.9 Å². The van der Waals surface area contributed by atoms with Crippen LogP contribution < -0.4 is 10.1 Å². The van der Waals surface area contributed by atoms with Crippen molar-refractivity contribution in [3.63, 3.8) is 0 Å². The van der Waals surface area contributed by atoms with Crippen LogP contribution in [0.1, 0.15) is 30.9 Å². The topological polar surface area (TPSA) is 50.8 Å². The monoisotopic (exact) mass is 384 g/mol. The van der Waals surface area contributed by atoms with Crippen molar-refractivity contribution in [2.24, 2.45) is 5.92 Å². The van der Waals surface area contributed by atoms with E-state index in [4.69, 9.17) is 9.47 Å². The number of nitrogens with zero attached hydrogens (tertiary/aromatic N) is 1. The molecule has 2 atom stereocenters. The zero-order valence-corrected chi connectivity index (χ0v) is 16.0. The summed E-state index contributed by atoms with van der Waals surface area (Å²) in [5.41, 5.74) is 3.37. The fraction of sp³-hybridized carbons (Fsp3) is 0.476. The van der Waals surface area contributed by atoms with E-state index in [0.717, 1.165) is 55.8 Å². The van der Waals surface area contributed by atoms with Gasteiger partial charge in [0.15, 0.2) is 0 Å². The summed E-state index contributed by atoms with van der Waals surface area (Å²) in [6.45, 7) is 3.77. The van der Waals surface area contributed by atoms with Crippen molar-refractivity contribution in [1.82, 2.24) is 10.2 Å². The van der Waals surface area contributed by atoms with Crippen molar-refractivity contribution in [1.29, 1.82) is 0 Å². The number of hydrogen-bond acceptors (Lipinski definition) is 5. The lowest BCUT2D eigenvalue weighted by Gasteiger charge is -2.44. The Balaban J connectivity index is 1.27. The van der Waals surface area contributed by atoms with Crippen molar-refractivity contribution >= 4 is 17.4 Å². The maximum Gasteiger partial charge on any atom is 0.407 e. The van der Waals surface area contributed by atoms with Crippen LogP contribution in [0.4, 0.5) is 4.79 Å². The largest absolute Gasteiger partial charge is 0.493 e. The van der Waals surface area contributed by atoms with E-state index >= 15 is 0 Å². The van der Waals surface area contributed by atoms with Crippen LogP contribution in [0.25, 0.3) is 11.1 Å². The van der Waals surface area contributed by atoms with Gasteiger partial charge < -0.3 is 14.8 Å². The van der Waals surface area contributed by atoms with Crippen molar-refractivity contribution in [2.75, 3.05) is 26.2 Å². The molecule has 0 radical (unpaired) electrons. The molecule has 1 aromatic heterocycles. The third-order valence-electron chi connectivity index (χ3n) is 6.05. The molecule has 6 rings (SSSR count). The molecule has 5 heterocycles. The van der Waals surface area contributed by atoms with Gasteiger partial charge in [-0.2, -0.15) is 11.3 Å². The second-order valence-electron chi connectivity index (χ2n) is 7.68. The number of hydrogen-bond donors (Lipinski definition) is 1. The van der Waals surface area contributed by atoms with E-state index in [-0.39, 0.29) is 18.2 Å². The number of rotatable bonds is 3. The predicted molar refractivity (Wildman–Crippen MR) is 105 cm³/mol. The van der Waals surface area contributed by atoms with E-state index in [2.05, 4.69) is 45.2 Å². The molecule has 1 aromatic carbocycles. The molecule has 0 aliphatic carbocycles. The van der Waals surface area contributed by atoms with Crippen LogP contribution in [0, 0.1) is 5.92 Å². The lowest BCUT2D eigenvalue weighted by molar-refractivity contribution is -0.0342. The van der Waals surface area contributed by atoms with Gasteiger partial charge in [0.25, 0.3) is 0 Å². The molecule has 5 nitrogen and oxygen atoms in total. The fourth-order valence-corrected chi connectivity index (χ4v) is 5.17. The summed E-state index contributed by atoms with van der Waals surface area (Å²) in [6, 6.07) is 8.29. The summed E-state index contributed by atoms with van der Waals surface area (Å²) in [4.78, 5) is 14.9. The van der Waals surface area contributed by atoms with Crippen LogP contribution in [0.5, 0.6) is 5.75 Å². The molecule has 6 heteroatoms. The van der Waals surface area contributed by atoms with Crippen LogP contribution in [-0.2, 0) is 4.74 Å². The van der Waals surface area contributed by atoms with Gasteiger partial charge >= 0.3 is 6.09 Å². The van der Waals surface area contributed by atoms with Gasteiger partial charge in [0.2, 0.25) is 0 Å². The second-order valence-corrected chi connectivity index (χ2v) is 8.46. The van der Waals surface area contributed by atoms with Gasteiger partial charge in [-0.15, -0.1) is 0 Å². The molecule has 1 amide bonds. The van der Waals surface area contributed by atoms with E-state index < -0.39 is 0 Å². The summed E-state index contributed by atoms with van der Waals surface area (Å²) in [5.74, 6) is 1.38. The average molecular weight is 385 g/mol. The quantitative estimate of drug-likeness (QED) is 0.867. The molecule has 2 bridgehead atoms. The van der Waals surface area contributed by atoms with Crippen molar-refractivity contribution in [2.45, 2.75) is 31.4 Å². The average Bonchev–Trinajstić information content (AvgIpc) is 3.23. The summed E-state index contributed by atoms with van der Waals surface area (Å²) < 4.78 is 11.7. The number of piperidine rings is 3. The first-order valence-corrected chi connectivity index (χ1v) is 10.7. The van der Waals surface area contributed by atoms with Gasteiger partial charge in [-0.25, -0.2) is 4.79 Å². The molecule has 27 heavy (non-hydrogen) atoms. The molecule has 4 aliphatic heterocycles. The minimum absolute atomic E-state index is 0.0350. The van der Waals surface area contributed by atoms with Crippen molar-refractivity contribution in [3.8, 4) is 16.9 Å². The summed E-state index contributed by atoms with van der Waals surface area (Å²) in [5, 5.41) is 7.28. The molecule has 3 fully saturated rings. The van der Waals surface area contributed by atoms with Crippen LogP contribution in [0.3, 0.4) is 0 Å². The van der Waals surface area contributed by atoms with E-state index in [1.54, 1.807) is 11.3 Å². The fourth-order valence-electron chi connectivity index (χ4n) is 4.51. The number of fused-ring (bicyclic) bond motifs is 4. The Hall–Kier alpha value is -2.05. The Morgan fingerprint density at radius 1 is 1.19 bits per heavy atom. The number of thiophene rings is 1. The van der Waals surface area contributed by atoms with Gasteiger partial charge in [0.05, 0.1) is 12.6 Å². The van der Waals surface area contributed by atoms with E-state index in [1.165, 1.54) is 5.56 Å². The second kappa shape index (κ2) is 7.17. The molecule has 3 saturated heterocycles. The number of carbonyl (C=O) groups is 1. The smallest absolute Gasteiger partial charge is 0.407 e. The Labute approximate surface area is 163 Å². The van der Waals surface area contributed by atoms with E-state index in [1.807, 2.05) is 0 Å². The summed E-state index contributed by atoms with van der Waals surface area (Å²) in [7, 11) is 0. The highest BCUT2D eigenvalue weighted by molar-refractivity contribution is 7.08. The summed E-state index contributed by atoms with van der Waals surface area (Å²) >= 11 is 1.68. The highest BCUT2D eigenvalue weighted by Crippen LogP contribution is 2.36. The molecule has 1 unspecified atom stereocenters. The third kappa shape index (κ3) is 3.44. The minimum Gasteiger partial charge on any atom is -0.493 e. The van der Waals surface area contributed by atoms with Crippen LogP contribution in [-0.4, -0.2) is 43.3 Å². The number of alkyl carbamates (subject to hydrolysis) is 1.